The van der Waals surface area contributed by atoms with Crippen molar-refractivity contribution in [2.75, 3.05) is 0 Å². The van der Waals surface area contributed by atoms with Gasteiger partial charge in [-0.1, -0.05) is 57.0 Å². The van der Waals surface area contributed by atoms with E-state index in [1.54, 1.807) is 0 Å². The summed E-state index contributed by atoms with van der Waals surface area (Å²) in [5.74, 6) is 2.69. The Morgan fingerprint density at radius 2 is 1.68 bits per heavy atom. The van der Waals surface area contributed by atoms with Crippen LogP contribution in [0.1, 0.15) is 56.7 Å². The van der Waals surface area contributed by atoms with E-state index in [9.17, 15) is 0 Å². The van der Waals surface area contributed by atoms with Crippen LogP contribution >= 0.6 is 0 Å². The third-order valence-corrected chi connectivity index (χ3v) is 5.26. The molecule has 1 N–H and O–H groups in total. The number of benzene rings is 1. The van der Waals surface area contributed by atoms with Crippen molar-refractivity contribution in [2.45, 2.75) is 58.9 Å². The molecule has 4 aromatic rings. The lowest BCUT2D eigenvalue weighted by molar-refractivity contribution is 0.611. The van der Waals surface area contributed by atoms with E-state index >= 15 is 0 Å². The fourth-order valence-electron chi connectivity index (χ4n) is 3.46. The van der Waals surface area contributed by atoms with E-state index in [4.69, 9.17) is 10.1 Å². The summed E-state index contributed by atoms with van der Waals surface area (Å²) in [7, 11) is 0. The van der Waals surface area contributed by atoms with Gasteiger partial charge in [-0.2, -0.15) is 5.10 Å². The van der Waals surface area contributed by atoms with Crippen LogP contribution in [0.25, 0.3) is 22.6 Å². The smallest absolute Gasteiger partial charge is 0.179 e. The van der Waals surface area contributed by atoms with Gasteiger partial charge in [-0.25, -0.2) is 14.8 Å². The second kappa shape index (κ2) is 10.1. The van der Waals surface area contributed by atoms with Crippen molar-refractivity contribution < 1.29 is 0 Å². The number of tetrazole rings is 1. The molecular formula is C23H28N8. The standard InChI is InChI=1S/C23H28N8/c1-3-5-7-21-25-22(8-6-4-2)31(28-21)16-17-9-14-20(24-15-17)18-10-12-19(13-11-18)23-26-29-30-27-23/h9-15H,3-8,16H2,1-2H3,(H,26,27,29,30). The molecule has 0 aliphatic rings. The van der Waals surface area contributed by atoms with Gasteiger partial charge in [0, 0.05) is 30.2 Å². The van der Waals surface area contributed by atoms with Crippen LogP contribution in [-0.2, 0) is 19.4 Å². The van der Waals surface area contributed by atoms with Gasteiger partial charge in [0.25, 0.3) is 0 Å². The molecule has 0 bridgehead atoms. The fourth-order valence-corrected chi connectivity index (χ4v) is 3.46. The van der Waals surface area contributed by atoms with E-state index in [0.717, 1.165) is 72.6 Å². The predicted molar refractivity (Wildman–Crippen MR) is 119 cm³/mol. The summed E-state index contributed by atoms with van der Waals surface area (Å²) in [6.45, 7) is 5.10. The Balaban J connectivity index is 1.47. The molecule has 0 unspecified atom stereocenters. The third-order valence-electron chi connectivity index (χ3n) is 5.26. The molecule has 0 fully saturated rings. The van der Waals surface area contributed by atoms with E-state index in [1.165, 1.54) is 0 Å². The molecule has 0 aliphatic heterocycles. The van der Waals surface area contributed by atoms with Crippen molar-refractivity contribution in [1.82, 2.24) is 40.4 Å². The number of hydrogen-bond acceptors (Lipinski definition) is 6. The van der Waals surface area contributed by atoms with Gasteiger partial charge < -0.3 is 0 Å². The van der Waals surface area contributed by atoms with Crippen LogP contribution in [0.4, 0.5) is 0 Å². The van der Waals surface area contributed by atoms with Crippen molar-refractivity contribution in [3.8, 4) is 22.6 Å². The summed E-state index contributed by atoms with van der Waals surface area (Å²) >= 11 is 0. The van der Waals surface area contributed by atoms with E-state index in [2.05, 4.69) is 56.3 Å². The highest BCUT2D eigenvalue weighted by atomic mass is 15.5. The van der Waals surface area contributed by atoms with Gasteiger partial charge in [0.1, 0.15) is 5.82 Å². The van der Waals surface area contributed by atoms with Crippen LogP contribution in [0.2, 0.25) is 0 Å². The van der Waals surface area contributed by atoms with Crippen LogP contribution in [0, 0.1) is 0 Å². The highest BCUT2D eigenvalue weighted by molar-refractivity contribution is 5.64. The van der Waals surface area contributed by atoms with Crippen LogP contribution in [0.15, 0.2) is 42.6 Å². The van der Waals surface area contributed by atoms with Crippen LogP contribution in [0.5, 0.6) is 0 Å². The normalized spacial score (nSPS) is 11.2. The maximum atomic E-state index is 4.79. The summed E-state index contributed by atoms with van der Waals surface area (Å²) in [6.07, 6.45) is 8.40. The van der Waals surface area contributed by atoms with Gasteiger partial charge in [-0.3, -0.25) is 4.98 Å². The first-order chi connectivity index (χ1) is 15.3. The van der Waals surface area contributed by atoms with Crippen molar-refractivity contribution in [3.63, 3.8) is 0 Å². The van der Waals surface area contributed by atoms with Crippen molar-refractivity contribution >= 4 is 0 Å². The molecule has 0 atom stereocenters. The Hall–Kier alpha value is -3.42. The van der Waals surface area contributed by atoms with Crippen molar-refractivity contribution in [2.24, 2.45) is 0 Å². The number of nitrogens with zero attached hydrogens (tertiary/aromatic N) is 7. The molecule has 4 rings (SSSR count). The highest BCUT2D eigenvalue weighted by Crippen LogP contribution is 2.21. The van der Waals surface area contributed by atoms with Gasteiger partial charge in [0.2, 0.25) is 0 Å². The molecular weight excluding hydrogens is 388 g/mol. The zero-order chi connectivity index (χ0) is 21.5. The van der Waals surface area contributed by atoms with Crippen LogP contribution < -0.4 is 0 Å². The Morgan fingerprint density at radius 3 is 2.35 bits per heavy atom. The van der Waals surface area contributed by atoms with E-state index < -0.39 is 0 Å². The molecule has 3 aromatic heterocycles. The number of nitrogens with one attached hydrogen (secondary N) is 1. The largest absolute Gasteiger partial charge is 0.256 e. The maximum Gasteiger partial charge on any atom is 0.179 e. The maximum absolute atomic E-state index is 4.79. The summed E-state index contributed by atoms with van der Waals surface area (Å²) < 4.78 is 2.05. The third kappa shape index (κ3) is 5.20. The van der Waals surface area contributed by atoms with E-state index in [0.29, 0.717) is 12.4 Å². The topological polar surface area (TPSA) is 98.1 Å². The molecule has 8 nitrogen and oxygen atoms in total. The number of pyridine rings is 1. The Kier molecular flexibility index (Phi) is 6.76. The molecule has 8 heteroatoms. The number of H-pyrrole nitrogens is 1. The monoisotopic (exact) mass is 416 g/mol. The quantitative estimate of drug-likeness (QED) is 0.415. The summed E-state index contributed by atoms with van der Waals surface area (Å²) in [6, 6.07) is 12.2. The minimum atomic E-state index is 0.653. The molecule has 0 amide bonds. The van der Waals surface area contributed by atoms with Crippen molar-refractivity contribution in [1.29, 1.82) is 0 Å². The molecule has 0 spiro atoms. The Bertz CT molecular complexity index is 1070. The molecule has 31 heavy (non-hydrogen) atoms. The Morgan fingerprint density at radius 1 is 0.903 bits per heavy atom. The van der Waals surface area contributed by atoms with Gasteiger partial charge in [-0.05, 0) is 34.9 Å². The molecule has 3 heterocycles. The van der Waals surface area contributed by atoms with Gasteiger partial charge in [0.05, 0.1) is 12.2 Å². The zero-order valence-electron chi connectivity index (χ0n) is 18.1. The lowest BCUT2D eigenvalue weighted by Gasteiger charge is -2.07. The number of rotatable bonds is 10. The summed E-state index contributed by atoms with van der Waals surface area (Å²) in [5, 5.41) is 18.7. The van der Waals surface area contributed by atoms with Crippen molar-refractivity contribution in [3.05, 3.63) is 59.8 Å². The SMILES string of the molecule is CCCCc1nc(CCCC)n(Cc2ccc(-c3ccc(-c4nnn[nH]4)cc3)nc2)n1. The molecule has 0 saturated carbocycles. The number of aromatic amines is 1. The average Bonchev–Trinajstić information content (AvgIpc) is 3.47. The lowest BCUT2D eigenvalue weighted by atomic mass is 10.1. The van der Waals surface area contributed by atoms with Crippen LogP contribution in [-0.4, -0.2) is 40.4 Å². The summed E-state index contributed by atoms with van der Waals surface area (Å²) in [5.41, 5.74) is 4.04. The summed E-state index contributed by atoms with van der Waals surface area (Å²) in [4.78, 5) is 9.47. The zero-order valence-corrected chi connectivity index (χ0v) is 18.1. The predicted octanol–water partition coefficient (Wildman–Crippen LogP) is 4.25. The fraction of sp³-hybridized carbons (Fsp3) is 0.391. The molecule has 160 valence electrons. The van der Waals surface area contributed by atoms with Gasteiger partial charge >= 0.3 is 0 Å². The molecule has 0 aliphatic carbocycles. The number of hydrogen-bond donors (Lipinski definition) is 1. The first kappa shape index (κ1) is 20.8. The average molecular weight is 417 g/mol. The second-order valence-corrected chi connectivity index (χ2v) is 7.69. The highest BCUT2D eigenvalue weighted by Gasteiger charge is 2.11. The minimum absolute atomic E-state index is 0.653. The van der Waals surface area contributed by atoms with Gasteiger partial charge in [0.15, 0.2) is 11.6 Å². The molecule has 0 saturated heterocycles. The number of aryl methyl sites for hydroxylation is 2. The van der Waals surface area contributed by atoms with Crippen LogP contribution in [0.3, 0.4) is 0 Å². The van der Waals surface area contributed by atoms with E-state index in [1.807, 2.05) is 30.5 Å². The Labute approximate surface area is 182 Å². The lowest BCUT2D eigenvalue weighted by Crippen LogP contribution is -2.07. The van der Waals surface area contributed by atoms with E-state index in [-0.39, 0.29) is 0 Å². The number of aromatic nitrogens is 8. The minimum Gasteiger partial charge on any atom is -0.256 e. The van der Waals surface area contributed by atoms with Gasteiger partial charge in [-0.15, -0.1) is 5.10 Å². The second-order valence-electron chi connectivity index (χ2n) is 7.69. The first-order valence-corrected chi connectivity index (χ1v) is 11.0. The first-order valence-electron chi connectivity index (χ1n) is 11.0. The molecule has 1 aromatic carbocycles. The molecule has 0 radical (unpaired) electrons. The number of unbranched alkanes of at least 4 members (excludes halogenated alkanes) is 2.